The Bertz CT molecular complexity index is 495. The molecular formula is C11H14ClNO2S. The zero-order valence-corrected chi connectivity index (χ0v) is 10.6. The molecule has 0 radical (unpaired) electrons. The summed E-state index contributed by atoms with van der Waals surface area (Å²) in [6.45, 7) is 2.38. The summed E-state index contributed by atoms with van der Waals surface area (Å²) in [5, 5.41) is 0.481. The second-order valence-electron chi connectivity index (χ2n) is 4.21. The van der Waals surface area contributed by atoms with Crippen LogP contribution in [-0.4, -0.2) is 15.0 Å². The lowest BCUT2D eigenvalue weighted by Crippen LogP contribution is -2.25. The van der Waals surface area contributed by atoms with Crippen LogP contribution in [0.2, 0.25) is 5.02 Å². The Kier molecular flexibility index (Phi) is 3.24. The largest absolute Gasteiger partial charge is 0.240 e. The van der Waals surface area contributed by atoms with Gasteiger partial charge in [0.2, 0.25) is 10.0 Å². The molecule has 1 aromatic carbocycles. The van der Waals surface area contributed by atoms with Gasteiger partial charge < -0.3 is 0 Å². The van der Waals surface area contributed by atoms with Crippen LogP contribution in [0.3, 0.4) is 0 Å². The Labute approximate surface area is 101 Å². The molecule has 1 N–H and O–H groups in total. The molecule has 0 spiro atoms. The van der Waals surface area contributed by atoms with Crippen LogP contribution in [0, 0.1) is 12.8 Å². The zero-order chi connectivity index (χ0) is 11.8. The van der Waals surface area contributed by atoms with Crippen LogP contribution < -0.4 is 4.72 Å². The van der Waals surface area contributed by atoms with Crippen LogP contribution in [0.15, 0.2) is 23.1 Å². The molecular weight excluding hydrogens is 246 g/mol. The molecule has 1 fully saturated rings. The molecule has 0 heterocycles. The minimum atomic E-state index is -3.39. The molecule has 5 heteroatoms. The fraction of sp³-hybridized carbons (Fsp3) is 0.455. The Balaban J connectivity index is 2.17. The maximum absolute atomic E-state index is 11.9. The third kappa shape index (κ3) is 2.75. The Morgan fingerprint density at radius 1 is 1.44 bits per heavy atom. The van der Waals surface area contributed by atoms with Gasteiger partial charge in [-0.2, -0.15) is 0 Å². The fourth-order valence-corrected chi connectivity index (χ4v) is 2.76. The van der Waals surface area contributed by atoms with Crippen molar-refractivity contribution in [1.29, 1.82) is 0 Å². The average Bonchev–Trinajstić information content (AvgIpc) is 3.03. The molecule has 0 atom stereocenters. The van der Waals surface area contributed by atoms with E-state index in [-0.39, 0.29) is 4.90 Å². The molecule has 0 aliphatic heterocycles. The molecule has 3 nitrogen and oxygen atoms in total. The lowest BCUT2D eigenvalue weighted by atomic mass is 10.2. The predicted molar refractivity (Wildman–Crippen MR) is 64.1 cm³/mol. The van der Waals surface area contributed by atoms with Gasteiger partial charge in [-0.1, -0.05) is 17.7 Å². The molecule has 88 valence electrons. The van der Waals surface area contributed by atoms with E-state index in [1.807, 2.05) is 6.92 Å². The predicted octanol–water partition coefficient (Wildman–Crippen LogP) is 2.34. The number of halogens is 1. The topological polar surface area (TPSA) is 46.2 Å². The van der Waals surface area contributed by atoms with Crippen molar-refractivity contribution in [3.63, 3.8) is 0 Å². The van der Waals surface area contributed by atoms with Crippen LogP contribution in [0.5, 0.6) is 0 Å². The van der Waals surface area contributed by atoms with Crippen molar-refractivity contribution in [2.24, 2.45) is 5.92 Å². The van der Waals surface area contributed by atoms with E-state index >= 15 is 0 Å². The SMILES string of the molecule is Cc1ccc(S(=O)(=O)NCC2CC2)cc1Cl. The van der Waals surface area contributed by atoms with E-state index in [0.29, 0.717) is 17.5 Å². The lowest BCUT2D eigenvalue weighted by Gasteiger charge is -2.07. The first-order valence-electron chi connectivity index (χ1n) is 5.25. The summed E-state index contributed by atoms with van der Waals surface area (Å²) in [6, 6.07) is 4.79. The van der Waals surface area contributed by atoms with E-state index in [2.05, 4.69) is 4.72 Å². The molecule has 1 aliphatic rings. The highest BCUT2D eigenvalue weighted by atomic mass is 35.5. The van der Waals surface area contributed by atoms with E-state index < -0.39 is 10.0 Å². The molecule has 0 bridgehead atoms. The first-order chi connectivity index (χ1) is 7.49. The number of benzene rings is 1. The standard InChI is InChI=1S/C11H14ClNO2S/c1-8-2-5-10(6-11(8)12)16(14,15)13-7-9-3-4-9/h2,5-6,9,13H,3-4,7H2,1H3. The van der Waals surface area contributed by atoms with Gasteiger partial charge in [0, 0.05) is 11.6 Å². The maximum Gasteiger partial charge on any atom is 0.240 e. The number of aryl methyl sites for hydroxylation is 1. The van der Waals surface area contributed by atoms with Crippen molar-refractivity contribution in [3.05, 3.63) is 28.8 Å². The van der Waals surface area contributed by atoms with Gasteiger partial charge in [0.1, 0.15) is 0 Å². The van der Waals surface area contributed by atoms with E-state index in [4.69, 9.17) is 11.6 Å². The smallest absolute Gasteiger partial charge is 0.211 e. The monoisotopic (exact) mass is 259 g/mol. The molecule has 1 aromatic rings. The number of nitrogens with one attached hydrogen (secondary N) is 1. The van der Waals surface area contributed by atoms with Crippen molar-refractivity contribution in [2.75, 3.05) is 6.54 Å². The van der Waals surface area contributed by atoms with E-state index in [0.717, 1.165) is 18.4 Å². The van der Waals surface area contributed by atoms with Crippen molar-refractivity contribution in [3.8, 4) is 0 Å². The Morgan fingerprint density at radius 2 is 2.12 bits per heavy atom. The molecule has 0 amide bonds. The molecule has 0 saturated heterocycles. The van der Waals surface area contributed by atoms with E-state index in [1.165, 1.54) is 6.07 Å². The summed E-state index contributed by atoms with van der Waals surface area (Å²) >= 11 is 5.90. The number of rotatable bonds is 4. The highest BCUT2D eigenvalue weighted by Crippen LogP contribution is 2.28. The highest BCUT2D eigenvalue weighted by Gasteiger charge is 2.24. The van der Waals surface area contributed by atoms with E-state index in [9.17, 15) is 8.42 Å². The summed E-state index contributed by atoms with van der Waals surface area (Å²) in [4.78, 5) is 0.240. The van der Waals surface area contributed by atoms with Gasteiger partial charge in [-0.15, -0.1) is 0 Å². The second kappa shape index (κ2) is 4.35. The number of hydrogen-bond donors (Lipinski definition) is 1. The first-order valence-corrected chi connectivity index (χ1v) is 7.11. The third-order valence-corrected chi connectivity index (χ3v) is 4.54. The van der Waals surface area contributed by atoms with Gasteiger partial charge in [0.25, 0.3) is 0 Å². The minimum absolute atomic E-state index is 0.240. The molecule has 0 unspecified atom stereocenters. The van der Waals surface area contributed by atoms with Crippen LogP contribution in [-0.2, 0) is 10.0 Å². The van der Waals surface area contributed by atoms with Gasteiger partial charge in [-0.05, 0) is 43.4 Å². The van der Waals surface area contributed by atoms with Gasteiger partial charge in [-0.25, -0.2) is 13.1 Å². The number of hydrogen-bond acceptors (Lipinski definition) is 2. The summed E-state index contributed by atoms with van der Waals surface area (Å²) in [5.41, 5.74) is 0.878. The molecule has 0 aromatic heterocycles. The second-order valence-corrected chi connectivity index (χ2v) is 6.38. The minimum Gasteiger partial charge on any atom is -0.211 e. The van der Waals surface area contributed by atoms with Crippen molar-refractivity contribution < 1.29 is 8.42 Å². The zero-order valence-electron chi connectivity index (χ0n) is 9.03. The third-order valence-electron chi connectivity index (χ3n) is 2.71. The Hall–Kier alpha value is -0.580. The number of sulfonamides is 1. The van der Waals surface area contributed by atoms with E-state index in [1.54, 1.807) is 12.1 Å². The van der Waals surface area contributed by atoms with Crippen LogP contribution in [0.25, 0.3) is 0 Å². The average molecular weight is 260 g/mol. The fourth-order valence-electron chi connectivity index (χ4n) is 1.37. The maximum atomic E-state index is 11.9. The van der Waals surface area contributed by atoms with Gasteiger partial charge >= 0.3 is 0 Å². The first kappa shape index (κ1) is 11.9. The summed E-state index contributed by atoms with van der Waals surface area (Å²) in [5.74, 6) is 0.524. The van der Waals surface area contributed by atoms with Crippen LogP contribution >= 0.6 is 11.6 Å². The molecule has 16 heavy (non-hydrogen) atoms. The highest BCUT2D eigenvalue weighted by molar-refractivity contribution is 7.89. The Morgan fingerprint density at radius 3 is 2.69 bits per heavy atom. The quantitative estimate of drug-likeness (QED) is 0.902. The summed E-state index contributed by atoms with van der Waals surface area (Å²) < 4.78 is 26.3. The van der Waals surface area contributed by atoms with Crippen molar-refractivity contribution in [1.82, 2.24) is 4.72 Å². The van der Waals surface area contributed by atoms with Crippen LogP contribution in [0.1, 0.15) is 18.4 Å². The summed E-state index contributed by atoms with van der Waals surface area (Å²) in [7, 11) is -3.39. The van der Waals surface area contributed by atoms with Crippen molar-refractivity contribution in [2.45, 2.75) is 24.7 Å². The van der Waals surface area contributed by atoms with Crippen molar-refractivity contribution >= 4 is 21.6 Å². The van der Waals surface area contributed by atoms with Gasteiger partial charge in [0.05, 0.1) is 4.90 Å². The molecule has 1 aliphatic carbocycles. The molecule has 2 rings (SSSR count). The molecule has 1 saturated carbocycles. The van der Waals surface area contributed by atoms with Gasteiger partial charge in [0.15, 0.2) is 0 Å². The normalized spacial score (nSPS) is 16.4. The lowest BCUT2D eigenvalue weighted by molar-refractivity contribution is 0.577. The van der Waals surface area contributed by atoms with Gasteiger partial charge in [-0.3, -0.25) is 0 Å². The summed E-state index contributed by atoms with van der Waals surface area (Å²) in [6.07, 6.45) is 2.24. The van der Waals surface area contributed by atoms with Crippen LogP contribution in [0.4, 0.5) is 0 Å².